The van der Waals surface area contributed by atoms with Crippen LogP contribution in [0.2, 0.25) is 0 Å². The molecule has 0 bridgehead atoms. The van der Waals surface area contributed by atoms with Gasteiger partial charge in [-0.25, -0.2) is 4.39 Å². The van der Waals surface area contributed by atoms with Crippen LogP contribution in [-0.2, 0) is 0 Å². The number of aliphatic hydroxyl groups excluding tert-OH is 1. The highest BCUT2D eigenvalue weighted by molar-refractivity contribution is 7.98. The minimum absolute atomic E-state index is 0.0131. The zero-order valence-electron chi connectivity index (χ0n) is 11.6. The second-order valence-corrected chi connectivity index (χ2v) is 5.10. The number of amides is 1. The molecule has 0 radical (unpaired) electrons. The molecule has 0 saturated carbocycles. The summed E-state index contributed by atoms with van der Waals surface area (Å²) in [6.07, 6.45) is 2.76. The van der Waals surface area contributed by atoms with Gasteiger partial charge in [0.15, 0.2) is 0 Å². The quantitative estimate of drug-likeness (QED) is 0.817. The van der Waals surface area contributed by atoms with E-state index in [-0.39, 0.29) is 18.2 Å². The van der Waals surface area contributed by atoms with Gasteiger partial charge in [0.2, 0.25) is 0 Å². The monoisotopic (exact) mass is 295 g/mol. The molecule has 0 heterocycles. The topological polar surface area (TPSA) is 49.3 Å². The number of carbonyl (C=O) groups excluding carboxylic acids is 1. The Morgan fingerprint density at radius 1 is 1.55 bits per heavy atom. The predicted molar refractivity (Wildman–Crippen MR) is 80.3 cm³/mol. The van der Waals surface area contributed by atoms with Crippen LogP contribution < -0.4 is 5.32 Å². The fourth-order valence-electron chi connectivity index (χ4n) is 1.64. The van der Waals surface area contributed by atoms with Crippen molar-refractivity contribution in [2.24, 2.45) is 0 Å². The second kappa shape index (κ2) is 8.62. The number of hydrogen-bond acceptors (Lipinski definition) is 3. The SMILES string of the molecule is CCC(CSC)NC(=O)c1ccc(C#CCO)cc1F. The maximum Gasteiger partial charge on any atom is 0.254 e. The highest BCUT2D eigenvalue weighted by Gasteiger charge is 2.15. The lowest BCUT2D eigenvalue weighted by atomic mass is 10.1. The summed E-state index contributed by atoms with van der Waals surface area (Å²) in [5, 5.41) is 11.4. The molecule has 108 valence electrons. The van der Waals surface area contributed by atoms with E-state index in [1.54, 1.807) is 17.8 Å². The number of rotatable bonds is 5. The van der Waals surface area contributed by atoms with E-state index < -0.39 is 11.7 Å². The van der Waals surface area contributed by atoms with Gasteiger partial charge in [-0.3, -0.25) is 4.79 Å². The van der Waals surface area contributed by atoms with Gasteiger partial charge in [-0.15, -0.1) is 0 Å². The first-order valence-corrected chi connectivity index (χ1v) is 7.70. The Labute approximate surface area is 123 Å². The molecule has 0 aliphatic carbocycles. The summed E-state index contributed by atoms with van der Waals surface area (Å²) in [6, 6.07) is 4.21. The third kappa shape index (κ3) is 4.87. The van der Waals surface area contributed by atoms with Crippen LogP contribution in [0.1, 0.15) is 29.3 Å². The van der Waals surface area contributed by atoms with Crippen molar-refractivity contribution in [2.75, 3.05) is 18.6 Å². The second-order valence-electron chi connectivity index (χ2n) is 4.19. The van der Waals surface area contributed by atoms with E-state index >= 15 is 0 Å². The summed E-state index contributed by atoms with van der Waals surface area (Å²) >= 11 is 1.64. The molecular weight excluding hydrogens is 277 g/mol. The molecule has 3 nitrogen and oxygen atoms in total. The fraction of sp³-hybridized carbons (Fsp3) is 0.400. The van der Waals surface area contributed by atoms with Crippen LogP contribution in [0.25, 0.3) is 0 Å². The number of aliphatic hydroxyl groups is 1. The lowest BCUT2D eigenvalue weighted by molar-refractivity contribution is 0.0936. The van der Waals surface area contributed by atoms with Gasteiger partial charge in [0.25, 0.3) is 5.91 Å². The van der Waals surface area contributed by atoms with E-state index in [9.17, 15) is 9.18 Å². The molecule has 1 aromatic rings. The molecule has 20 heavy (non-hydrogen) atoms. The lowest BCUT2D eigenvalue weighted by Crippen LogP contribution is -2.36. The highest BCUT2D eigenvalue weighted by atomic mass is 32.2. The predicted octanol–water partition coefficient (Wildman–Crippen LogP) is 2.04. The molecule has 2 N–H and O–H groups in total. The molecule has 1 aromatic carbocycles. The van der Waals surface area contributed by atoms with Crippen molar-refractivity contribution >= 4 is 17.7 Å². The molecule has 1 amide bonds. The number of hydrogen-bond donors (Lipinski definition) is 2. The smallest absolute Gasteiger partial charge is 0.254 e. The van der Waals surface area contributed by atoms with Gasteiger partial charge < -0.3 is 10.4 Å². The number of halogens is 1. The summed E-state index contributed by atoms with van der Waals surface area (Å²) in [4.78, 5) is 12.0. The van der Waals surface area contributed by atoms with E-state index in [1.165, 1.54) is 12.1 Å². The third-order valence-electron chi connectivity index (χ3n) is 2.72. The van der Waals surface area contributed by atoms with Crippen molar-refractivity contribution in [2.45, 2.75) is 19.4 Å². The number of thioether (sulfide) groups is 1. The summed E-state index contributed by atoms with van der Waals surface area (Å²) in [6.45, 7) is 1.70. The number of nitrogens with one attached hydrogen (secondary N) is 1. The Kier molecular flexibility index (Phi) is 7.13. The molecular formula is C15H18FNO2S. The summed E-state index contributed by atoms with van der Waals surface area (Å²) < 4.78 is 13.9. The normalized spacial score (nSPS) is 11.4. The molecule has 0 spiro atoms. The van der Waals surface area contributed by atoms with Crippen molar-refractivity contribution in [1.29, 1.82) is 0 Å². The van der Waals surface area contributed by atoms with Crippen LogP contribution in [0, 0.1) is 17.7 Å². The van der Waals surface area contributed by atoms with Crippen LogP contribution >= 0.6 is 11.8 Å². The molecule has 5 heteroatoms. The van der Waals surface area contributed by atoms with Crippen molar-refractivity contribution in [3.8, 4) is 11.8 Å². The van der Waals surface area contributed by atoms with Crippen LogP contribution in [0.3, 0.4) is 0 Å². The first-order valence-electron chi connectivity index (χ1n) is 6.31. The molecule has 0 fully saturated rings. The third-order valence-corrected chi connectivity index (χ3v) is 3.46. The number of carbonyl (C=O) groups is 1. The molecule has 0 aromatic heterocycles. The van der Waals surface area contributed by atoms with Gasteiger partial charge in [-0.05, 0) is 30.9 Å². The maximum absolute atomic E-state index is 13.9. The van der Waals surface area contributed by atoms with Crippen LogP contribution in [-0.4, -0.2) is 35.7 Å². The van der Waals surface area contributed by atoms with E-state index in [0.717, 1.165) is 12.2 Å². The van der Waals surface area contributed by atoms with Gasteiger partial charge in [-0.1, -0.05) is 18.8 Å². The Balaban J connectivity index is 2.83. The van der Waals surface area contributed by atoms with Crippen molar-refractivity contribution < 1.29 is 14.3 Å². The fourth-order valence-corrected chi connectivity index (χ4v) is 2.37. The Bertz CT molecular complexity index is 522. The van der Waals surface area contributed by atoms with Crippen LogP contribution in [0.4, 0.5) is 4.39 Å². The molecule has 0 aliphatic heterocycles. The highest BCUT2D eigenvalue weighted by Crippen LogP contribution is 2.11. The van der Waals surface area contributed by atoms with Gasteiger partial charge in [0, 0.05) is 17.4 Å². The zero-order chi connectivity index (χ0) is 15.0. The van der Waals surface area contributed by atoms with E-state index in [1.807, 2.05) is 13.2 Å². The Morgan fingerprint density at radius 3 is 2.85 bits per heavy atom. The summed E-state index contributed by atoms with van der Waals surface area (Å²) in [5.41, 5.74) is 0.448. The van der Waals surface area contributed by atoms with Crippen molar-refractivity contribution in [1.82, 2.24) is 5.32 Å². The minimum atomic E-state index is -0.605. The maximum atomic E-state index is 13.9. The average molecular weight is 295 g/mol. The minimum Gasteiger partial charge on any atom is -0.384 e. The van der Waals surface area contributed by atoms with Crippen LogP contribution in [0.5, 0.6) is 0 Å². The standard InChI is InChI=1S/C15H18FNO2S/c1-3-12(10-20-2)17-15(19)13-7-6-11(5-4-8-18)9-14(13)16/h6-7,9,12,18H,3,8,10H2,1-2H3,(H,17,19). The van der Waals surface area contributed by atoms with E-state index in [4.69, 9.17) is 5.11 Å². The molecule has 1 unspecified atom stereocenters. The molecule has 0 saturated heterocycles. The molecule has 1 rings (SSSR count). The van der Waals surface area contributed by atoms with E-state index in [0.29, 0.717) is 5.56 Å². The van der Waals surface area contributed by atoms with E-state index in [2.05, 4.69) is 17.2 Å². The first-order chi connectivity index (χ1) is 9.62. The van der Waals surface area contributed by atoms with Gasteiger partial charge in [0.05, 0.1) is 5.56 Å². The lowest BCUT2D eigenvalue weighted by Gasteiger charge is -2.16. The van der Waals surface area contributed by atoms with Crippen LogP contribution in [0.15, 0.2) is 18.2 Å². The Hall–Kier alpha value is -1.51. The van der Waals surface area contributed by atoms with Crippen molar-refractivity contribution in [3.05, 3.63) is 35.1 Å². The van der Waals surface area contributed by atoms with Gasteiger partial charge in [0.1, 0.15) is 12.4 Å². The molecule has 1 atom stereocenters. The molecule has 0 aliphatic rings. The Morgan fingerprint density at radius 2 is 2.30 bits per heavy atom. The van der Waals surface area contributed by atoms with Gasteiger partial charge in [-0.2, -0.15) is 11.8 Å². The van der Waals surface area contributed by atoms with Crippen molar-refractivity contribution in [3.63, 3.8) is 0 Å². The summed E-state index contributed by atoms with van der Waals surface area (Å²) in [5.74, 6) is 4.81. The van der Waals surface area contributed by atoms with Gasteiger partial charge >= 0.3 is 0 Å². The zero-order valence-corrected chi connectivity index (χ0v) is 12.4. The first kappa shape index (κ1) is 16.5. The largest absolute Gasteiger partial charge is 0.384 e. The summed E-state index contributed by atoms with van der Waals surface area (Å²) in [7, 11) is 0. The average Bonchev–Trinajstić information content (AvgIpc) is 2.44. The number of benzene rings is 1.